The van der Waals surface area contributed by atoms with Gasteiger partial charge in [0, 0.05) is 35.5 Å². The minimum Gasteiger partial charge on any atom is -0.497 e. The molecule has 0 atom stereocenters. The Kier molecular flexibility index (Phi) is 7.15. The Morgan fingerprint density at radius 2 is 1.91 bits per heavy atom. The average molecular weight is 462 g/mol. The molecule has 7 nitrogen and oxygen atoms in total. The van der Waals surface area contributed by atoms with Gasteiger partial charge >= 0.3 is 5.97 Å². The van der Waals surface area contributed by atoms with Crippen LogP contribution in [0.2, 0.25) is 0 Å². The summed E-state index contributed by atoms with van der Waals surface area (Å²) >= 11 is 0. The van der Waals surface area contributed by atoms with Crippen molar-refractivity contribution in [2.24, 2.45) is 5.73 Å². The number of nitrogens with two attached hydrogens (primary N) is 1. The van der Waals surface area contributed by atoms with Gasteiger partial charge in [-0.15, -0.1) is 0 Å². The van der Waals surface area contributed by atoms with Crippen LogP contribution in [-0.4, -0.2) is 29.9 Å². The zero-order chi connectivity index (χ0) is 24.1. The van der Waals surface area contributed by atoms with Crippen molar-refractivity contribution < 1.29 is 28.9 Å². The molecular formula is C27H27NO6. The van der Waals surface area contributed by atoms with E-state index < -0.39 is 5.97 Å². The van der Waals surface area contributed by atoms with E-state index in [1.165, 1.54) is 0 Å². The van der Waals surface area contributed by atoms with Crippen LogP contribution >= 0.6 is 0 Å². The summed E-state index contributed by atoms with van der Waals surface area (Å²) in [5, 5.41) is 19.5. The number of methoxy groups -OCH3 is 1. The van der Waals surface area contributed by atoms with Crippen LogP contribution < -0.4 is 15.2 Å². The number of ether oxygens (including phenoxy) is 2. The van der Waals surface area contributed by atoms with Gasteiger partial charge in [0.25, 0.3) is 0 Å². The van der Waals surface area contributed by atoms with Gasteiger partial charge in [0.15, 0.2) is 0 Å². The monoisotopic (exact) mass is 461 g/mol. The van der Waals surface area contributed by atoms with Crippen LogP contribution in [0.15, 0.2) is 65.1 Å². The summed E-state index contributed by atoms with van der Waals surface area (Å²) in [7, 11) is 1.55. The second kappa shape index (κ2) is 10.4. The van der Waals surface area contributed by atoms with Gasteiger partial charge in [-0.2, -0.15) is 0 Å². The van der Waals surface area contributed by atoms with Crippen molar-refractivity contribution in [1.82, 2.24) is 0 Å². The number of carboxylic acid groups (broad SMARTS) is 1. The molecule has 0 aliphatic carbocycles. The number of aliphatic hydroxyl groups excluding tert-OH is 1. The van der Waals surface area contributed by atoms with Crippen LogP contribution in [-0.2, 0) is 30.8 Å². The molecule has 1 heterocycles. The maximum atomic E-state index is 11.3. The largest absolute Gasteiger partial charge is 0.497 e. The Bertz CT molecular complexity index is 1310. The molecular weight excluding hydrogens is 434 g/mol. The summed E-state index contributed by atoms with van der Waals surface area (Å²) < 4.78 is 17.4. The van der Waals surface area contributed by atoms with Crippen LogP contribution in [0.3, 0.4) is 0 Å². The zero-order valence-electron chi connectivity index (χ0n) is 18.9. The number of rotatable bonds is 10. The zero-order valence-corrected chi connectivity index (χ0v) is 18.9. The average Bonchev–Trinajstić information content (AvgIpc) is 3.25. The molecule has 4 rings (SSSR count). The van der Waals surface area contributed by atoms with E-state index >= 15 is 0 Å². The molecule has 0 aliphatic heterocycles. The van der Waals surface area contributed by atoms with Gasteiger partial charge in [0.2, 0.25) is 0 Å². The van der Waals surface area contributed by atoms with Crippen LogP contribution in [0, 0.1) is 0 Å². The van der Waals surface area contributed by atoms with Gasteiger partial charge in [0.1, 0.15) is 29.4 Å². The van der Waals surface area contributed by atoms with Crippen LogP contribution in [0.4, 0.5) is 0 Å². The number of fused-ring (bicyclic) bond motifs is 1. The molecule has 0 aliphatic rings. The lowest BCUT2D eigenvalue weighted by Gasteiger charge is -2.13. The predicted molar refractivity (Wildman–Crippen MR) is 129 cm³/mol. The van der Waals surface area contributed by atoms with Gasteiger partial charge in [-0.25, -0.2) is 0 Å². The molecule has 1 aromatic heterocycles. The van der Waals surface area contributed by atoms with E-state index in [0.29, 0.717) is 35.8 Å². The number of furan rings is 1. The summed E-state index contributed by atoms with van der Waals surface area (Å²) in [4.78, 5) is 11.3. The van der Waals surface area contributed by atoms with Crippen molar-refractivity contribution in [3.8, 4) is 22.6 Å². The van der Waals surface area contributed by atoms with Crippen LogP contribution in [0.25, 0.3) is 22.1 Å². The van der Waals surface area contributed by atoms with E-state index in [4.69, 9.17) is 19.6 Å². The highest BCUT2D eigenvalue weighted by Crippen LogP contribution is 2.34. The highest BCUT2D eigenvalue weighted by atomic mass is 16.5. The standard InChI is InChI=1S/C27H27NO6/c1-32-22-6-5-20(13-26(30)31)25(14-22)33-16-18-10-21-12-23(7-8-29)34-27(21)24(11-18)19-4-2-3-17(9-19)15-28/h2-6,9-12,14,29H,7-8,13,15-16,28H2,1H3,(H,30,31). The molecule has 0 radical (unpaired) electrons. The van der Waals surface area contributed by atoms with Gasteiger partial charge < -0.3 is 29.8 Å². The fourth-order valence-corrected chi connectivity index (χ4v) is 3.93. The third kappa shape index (κ3) is 5.22. The lowest BCUT2D eigenvalue weighted by atomic mass is 9.99. The number of aliphatic carboxylic acids is 1. The molecule has 0 saturated carbocycles. The summed E-state index contributed by atoms with van der Waals surface area (Å²) in [6.07, 6.45) is 0.271. The summed E-state index contributed by atoms with van der Waals surface area (Å²) in [5.41, 5.74) is 10.9. The molecule has 4 N–H and O–H groups in total. The first-order valence-corrected chi connectivity index (χ1v) is 11.0. The molecule has 0 bridgehead atoms. The third-order valence-corrected chi connectivity index (χ3v) is 5.57. The molecule has 0 amide bonds. The first-order valence-electron chi connectivity index (χ1n) is 11.0. The van der Waals surface area contributed by atoms with Crippen molar-refractivity contribution in [1.29, 1.82) is 0 Å². The molecule has 0 saturated heterocycles. The SMILES string of the molecule is COc1ccc(CC(=O)O)c(OCc2cc(-c3cccc(CN)c3)c3oc(CCO)cc3c2)c1. The minimum absolute atomic E-state index is 0.00399. The van der Waals surface area contributed by atoms with Crippen molar-refractivity contribution in [2.75, 3.05) is 13.7 Å². The first-order chi connectivity index (χ1) is 16.5. The van der Waals surface area contributed by atoms with Crippen molar-refractivity contribution in [3.63, 3.8) is 0 Å². The van der Waals surface area contributed by atoms with E-state index in [-0.39, 0.29) is 19.6 Å². The van der Waals surface area contributed by atoms with Crippen molar-refractivity contribution in [2.45, 2.75) is 26.0 Å². The fourth-order valence-electron chi connectivity index (χ4n) is 3.93. The summed E-state index contributed by atoms with van der Waals surface area (Å²) in [5.74, 6) is 0.806. The smallest absolute Gasteiger partial charge is 0.307 e. The van der Waals surface area contributed by atoms with Gasteiger partial charge in [-0.05, 0) is 47.0 Å². The molecule has 0 unspecified atom stereocenters. The summed E-state index contributed by atoms with van der Waals surface area (Å²) in [6, 6.07) is 19.0. The molecule has 0 spiro atoms. The lowest BCUT2D eigenvalue weighted by molar-refractivity contribution is -0.136. The van der Waals surface area contributed by atoms with Gasteiger partial charge in [-0.3, -0.25) is 4.79 Å². The van der Waals surface area contributed by atoms with Gasteiger partial charge in [0.05, 0.1) is 20.1 Å². The lowest BCUT2D eigenvalue weighted by Crippen LogP contribution is -2.05. The number of hydrogen-bond acceptors (Lipinski definition) is 6. The maximum Gasteiger partial charge on any atom is 0.307 e. The van der Waals surface area contributed by atoms with E-state index in [1.54, 1.807) is 25.3 Å². The fraction of sp³-hybridized carbons (Fsp3) is 0.222. The molecule has 34 heavy (non-hydrogen) atoms. The molecule has 176 valence electrons. The number of carboxylic acids is 1. The van der Waals surface area contributed by atoms with E-state index in [2.05, 4.69) is 0 Å². The molecule has 4 aromatic rings. The predicted octanol–water partition coefficient (Wildman–Crippen LogP) is 4.31. The van der Waals surface area contributed by atoms with Crippen LogP contribution in [0.1, 0.15) is 22.5 Å². The second-order valence-electron chi connectivity index (χ2n) is 7.99. The van der Waals surface area contributed by atoms with Crippen LogP contribution in [0.5, 0.6) is 11.5 Å². The Morgan fingerprint density at radius 3 is 2.65 bits per heavy atom. The van der Waals surface area contributed by atoms with E-state index in [0.717, 1.165) is 33.2 Å². The summed E-state index contributed by atoms with van der Waals surface area (Å²) in [6.45, 7) is 0.645. The van der Waals surface area contributed by atoms with Crippen molar-refractivity contribution >= 4 is 16.9 Å². The number of benzene rings is 3. The van der Waals surface area contributed by atoms with E-state index in [1.807, 2.05) is 42.5 Å². The van der Waals surface area contributed by atoms with E-state index in [9.17, 15) is 15.0 Å². The molecule has 0 fully saturated rings. The Labute approximate surface area is 197 Å². The van der Waals surface area contributed by atoms with Crippen molar-refractivity contribution in [3.05, 3.63) is 83.1 Å². The highest BCUT2D eigenvalue weighted by Gasteiger charge is 2.15. The highest BCUT2D eigenvalue weighted by molar-refractivity contribution is 5.93. The molecule has 3 aromatic carbocycles. The number of aliphatic hydroxyl groups is 1. The molecule has 7 heteroatoms. The Balaban J connectivity index is 1.73. The number of hydrogen-bond donors (Lipinski definition) is 3. The first kappa shape index (κ1) is 23.4. The third-order valence-electron chi connectivity index (χ3n) is 5.57. The number of carbonyl (C=O) groups is 1. The Morgan fingerprint density at radius 1 is 1.06 bits per heavy atom. The maximum absolute atomic E-state index is 11.3. The topological polar surface area (TPSA) is 115 Å². The normalized spacial score (nSPS) is 11.0. The Hall–Kier alpha value is -3.81. The second-order valence-corrected chi connectivity index (χ2v) is 7.99. The van der Waals surface area contributed by atoms with Gasteiger partial charge in [-0.1, -0.05) is 24.3 Å². The minimum atomic E-state index is -0.937. The quantitative estimate of drug-likeness (QED) is 0.322.